The zero-order valence-corrected chi connectivity index (χ0v) is 21.3. The summed E-state index contributed by atoms with van der Waals surface area (Å²) in [6.45, 7) is 26.4. The largest absolute Gasteiger partial charge is 0.202 e. The lowest BCUT2D eigenvalue weighted by Crippen LogP contribution is -2.66. The Bertz CT molecular complexity index is 702. The fourth-order valence-corrected chi connectivity index (χ4v) is 12.4. The van der Waals surface area contributed by atoms with Gasteiger partial charge in [0.1, 0.15) is 0 Å². The minimum atomic E-state index is -2.48. The predicted octanol–water partition coefficient (Wildman–Crippen LogP) is 7.92. The van der Waals surface area contributed by atoms with E-state index < -0.39 is 7.38 Å². The molecule has 3 unspecified atom stereocenters. The van der Waals surface area contributed by atoms with Gasteiger partial charge in [-0.2, -0.15) is 11.1 Å². The molecule has 2 heteroatoms. The highest BCUT2D eigenvalue weighted by atomic mass is 35.6. The van der Waals surface area contributed by atoms with E-state index in [-0.39, 0.29) is 26.3 Å². The molecule has 0 aromatic heterocycles. The van der Waals surface area contributed by atoms with E-state index in [4.69, 9.17) is 11.1 Å². The van der Waals surface area contributed by atoms with E-state index in [1.807, 2.05) is 0 Å². The Balaban J connectivity index is 2.84. The van der Waals surface area contributed by atoms with Crippen LogP contribution in [-0.2, 0) is 0 Å². The summed E-state index contributed by atoms with van der Waals surface area (Å²) in [5.74, 6) is 0.513. The van der Waals surface area contributed by atoms with Crippen LogP contribution in [0.5, 0.6) is 0 Å². The molecular formula is C25H41ClSi. The van der Waals surface area contributed by atoms with Gasteiger partial charge in [0, 0.05) is 5.04 Å². The first-order valence-electron chi connectivity index (χ1n) is 10.4. The average Bonchev–Trinajstić information content (AvgIpc) is 2.50. The predicted molar refractivity (Wildman–Crippen MR) is 125 cm³/mol. The molecule has 1 aliphatic rings. The summed E-state index contributed by atoms with van der Waals surface area (Å²) < 4.78 is 0. The molecule has 0 fully saturated rings. The van der Waals surface area contributed by atoms with E-state index in [0.717, 1.165) is 0 Å². The molecule has 0 radical (unpaired) electrons. The van der Waals surface area contributed by atoms with Crippen LogP contribution in [0, 0.1) is 22.2 Å². The molecule has 152 valence electrons. The molecule has 1 aromatic rings. The van der Waals surface area contributed by atoms with Crippen molar-refractivity contribution in [2.45, 2.75) is 86.2 Å². The molecule has 0 bridgehead atoms. The normalized spacial score (nSPS) is 30.0. The maximum absolute atomic E-state index is 7.92. The molecule has 0 amide bonds. The minimum Gasteiger partial charge on any atom is -0.159 e. The van der Waals surface area contributed by atoms with E-state index in [2.05, 4.69) is 119 Å². The van der Waals surface area contributed by atoms with Gasteiger partial charge in [0.25, 0.3) is 0 Å². The summed E-state index contributed by atoms with van der Waals surface area (Å²) in [5.41, 5.74) is 0.398. The topological polar surface area (TPSA) is 0 Å². The number of hydrogen-bond acceptors (Lipinski definition) is 0. The van der Waals surface area contributed by atoms with Crippen LogP contribution in [-0.4, -0.2) is 7.38 Å². The molecule has 0 saturated carbocycles. The van der Waals surface area contributed by atoms with Crippen LogP contribution in [0.25, 0.3) is 0 Å². The van der Waals surface area contributed by atoms with Gasteiger partial charge in [-0.05, 0) is 32.4 Å². The molecule has 0 N–H and O–H groups in total. The molecule has 1 aliphatic carbocycles. The first kappa shape index (κ1) is 22.8. The number of benzene rings is 1. The quantitative estimate of drug-likeness (QED) is 0.266. The zero-order chi connectivity index (χ0) is 21.1. The van der Waals surface area contributed by atoms with Crippen molar-refractivity contribution in [1.29, 1.82) is 0 Å². The lowest BCUT2D eigenvalue weighted by atomic mass is 9.49. The van der Waals surface area contributed by atoms with Gasteiger partial charge in [-0.1, -0.05) is 119 Å². The van der Waals surface area contributed by atoms with Crippen LogP contribution >= 0.6 is 11.1 Å². The second-order valence-corrected chi connectivity index (χ2v) is 18.2. The Kier molecular flexibility index (Phi) is 5.47. The van der Waals surface area contributed by atoms with Crippen LogP contribution in [0.3, 0.4) is 0 Å². The van der Waals surface area contributed by atoms with Crippen molar-refractivity contribution in [2.75, 3.05) is 0 Å². The molecule has 0 heterocycles. The lowest BCUT2D eigenvalue weighted by Gasteiger charge is -2.66. The van der Waals surface area contributed by atoms with Gasteiger partial charge in [0.05, 0.1) is 0 Å². The summed E-state index contributed by atoms with van der Waals surface area (Å²) in [4.78, 5) is 0. The minimum absolute atomic E-state index is 0.0247. The highest BCUT2D eigenvalue weighted by Gasteiger charge is 2.68. The van der Waals surface area contributed by atoms with Gasteiger partial charge in [-0.3, -0.25) is 0 Å². The molecule has 0 aliphatic heterocycles. The molecule has 27 heavy (non-hydrogen) atoms. The first-order chi connectivity index (χ1) is 11.9. The third-order valence-electron chi connectivity index (χ3n) is 8.16. The average molecular weight is 405 g/mol. The summed E-state index contributed by atoms with van der Waals surface area (Å²) in [5, 5.41) is 1.30. The van der Waals surface area contributed by atoms with Gasteiger partial charge in [0.15, 0.2) is 0 Å². The van der Waals surface area contributed by atoms with E-state index in [1.165, 1.54) is 5.19 Å². The molecular weight excluding hydrogens is 364 g/mol. The Labute approximate surface area is 174 Å². The Hall–Kier alpha value is -0.533. The first-order valence-corrected chi connectivity index (χ1v) is 13.4. The number of hydrogen-bond donors (Lipinski definition) is 0. The second kappa shape index (κ2) is 6.49. The van der Waals surface area contributed by atoms with Gasteiger partial charge < -0.3 is 0 Å². The maximum atomic E-state index is 7.92. The van der Waals surface area contributed by atoms with E-state index >= 15 is 0 Å². The maximum Gasteiger partial charge on any atom is 0.202 e. The zero-order valence-electron chi connectivity index (χ0n) is 19.5. The SMILES string of the molecule is CC(C)(C)C1C=CC(C)([Si](Cl)(c2ccccc2)C(C)(C)C)C(C)(C)C1(C)C. The van der Waals surface area contributed by atoms with Crippen molar-refractivity contribution in [3.8, 4) is 0 Å². The fourth-order valence-electron chi connectivity index (χ4n) is 5.89. The van der Waals surface area contributed by atoms with Crippen LogP contribution < -0.4 is 5.19 Å². The van der Waals surface area contributed by atoms with Crippen molar-refractivity contribution in [3.05, 3.63) is 42.5 Å². The monoisotopic (exact) mass is 404 g/mol. The molecule has 0 saturated heterocycles. The highest BCUT2D eigenvalue weighted by molar-refractivity contribution is 7.30. The summed E-state index contributed by atoms with van der Waals surface area (Å²) in [6, 6.07) is 10.9. The number of halogens is 1. The van der Waals surface area contributed by atoms with Crippen LogP contribution in [0.15, 0.2) is 42.5 Å². The van der Waals surface area contributed by atoms with Crippen molar-refractivity contribution < 1.29 is 0 Å². The molecule has 0 nitrogen and oxygen atoms in total. The van der Waals surface area contributed by atoms with Gasteiger partial charge >= 0.3 is 0 Å². The molecule has 1 aromatic carbocycles. The molecule has 0 spiro atoms. The summed E-state index contributed by atoms with van der Waals surface area (Å²) in [6.07, 6.45) is 5.02. The Morgan fingerprint density at radius 3 is 1.74 bits per heavy atom. The Morgan fingerprint density at radius 1 is 0.852 bits per heavy atom. The fraction of sp³-hybridized carbons (Fsp3) is 0.680. The highest BCUT2D eigenvalue weighted by Crippen LogP contribution is 2.72. The molecule has 3 atom stereocenters. The van der Waals surface area contributed by atoms with Crippen molar-refractivity contribution in [1.82, 2.24) is 0 Å². The van der Waals surface area contributed by atoms with Crippen molar-refractivity contribution in [3.63, 3.8) is 0 Å². The van der Waals surface area contributed by atoms with E-state index in [1.54, 1.807) is 0 Å². The standard InChI is InChI=1S/C25H41ClSi/c1-21(2,3)20-17-18-25(11,24(9,10)23(20,7)8)27(26,22(4,5)6)19-15-13-12-14-16-19/h12-18,20H,1-11H3. The van der Waals surface area contributed by atoms with Gasteiger partial charge in [0.2, 0.25) is 7.38 Å². The van der Waals surface area contributed by atoms with Gasteiger partial charge in [-0.25, -0.2) is 0 Å². The summed E-state index contributed by atoms with van der Waals surface area (Å²) in [7, 11) is -2.48. The van der Waals surface area contributed by atoms with E-state index in [0.29, 0.717) is 5.92 Å². The third-order valence-corrected chi connectivity index (χ3v) is 17.1. The van der Waals surface area contributed by atoms with Crippen molar-refractivity contribution >= 4 is 23.6 Å². The summed E-state index contributed by atoms with van der Waals surface area (Å²) >= 11 is 7.92. The van der Waals surface area contributed by atoms with E-state index in [9.17, 15) is 0 Å². The van der Waals surface area contributed by atoms with Crippen molar-refractivity contribution in [2.24, 2.45) is 22.2 Å². The second-order valence-electron chi connectivity index (χ2n) is 12.0. The van der Waals surface area contributed by atoms with Crippen LogP contribution in [0.2, 0.25) is 10.1 Å². The smallest absolute Gasteiger partial charge is 0.159 e. The molecule has 2 rings (SSSR count). The lowest BCUT2D eigenvalue weighted by molar-refractivity contribution is -0.0234. The van der Waals surface area contributed by atoms with Crippen LogP contribution in [0.1, 0.15) is 76.2 Å². The van der Waals surface area contributed by atoms with Crippen LogP contribution in [0.4, 0.5) is 0 Å². The number of allylic oxidation sites excluding steroid dienone is 2. The third kappa shape index (κ3) is 3.08. The van der Waals surface area contributed by atoms with Gasteiger partial charge in [-0.15, -0.1) is 0 Å². The number of rotatable bonds is 2. The Morgan fingerprint density at radius 2 is 1.33 bits per heavy atom.